The van der Waals surface area contributed by atoms with Crippen LogP contribution in [0.5, 0.6) is 0 Å². The molecular weight excluding hydrogens is 242 g/mol. The number of hydrogen-bond donors (Lipinski definition) is 2. The van der Waals surface area contributed by atoms with E-state index in [1.165, 1.54) is 0 Å². The molecule has 0 spiro atoms. The van der Waals surface area contributed by atoms with E-state index in [0.29, 0.717) is 16.6 Å². The van der Waals surface area contributed by atoms with Crippen LogP contribution >= 0.6 is 0 Å². The number of carbonyl (C=O) groups is 1. The maximum atomic E-state index is 11.8. The largest absolute Gasteiger partial charge is 0.369 e. The summed E-state index contributed by atoms with van der Waals surface area (Å²) in [4.78, 5) is 15.9. The van der Waals surface area contributed by atoms with Crippen molar-refractivity contribution in [3.05, 3.63) is 23.8 Å². The van der Waals surface area contributed by atoms with E-state index in [4.69, 9.17) is 11.0 Å². The maximum Gasteiger partial charge on any atom is 0.240 e. The van der Waals surface area contributed by atoms with Crippen molar-refractivity contribution in [1.82, 2.24) is 14.9 Å². The summed E-state index contributed by atoms with van der Waals surface area (Å²) in [6, 6.07) is 7.35. The molecule has 1 amide bonds. The van der Waals surface area contributed by atoms with Crippen molar-refractivity contribution >= 4 is 22.9 Å². The topological polar surface area (TPSA) is 96.7 Å². The van der Waals surface area contributed by atoms with E-state index in [-0.39, 0.29) is 24.4 Å². The number of nitrogens with one attached hydrogen (secondary N) is 1. The monoisotopic (exact) mass is 257 g/mol. The normalized spacial score (nSPS) is 10.6. The number of nitrogens with zero attached hydrogens (tertiary/aromatic N) is 3. The molecule has 3 N–H and O–H groups in total. The first kappa shape index (κ1) is 12.9. The van der Waals surface area contributed by atoms with Gasteiger partial charge in [0.2, 0.25) is 11.9 Å². The molecule has 0 bridgehead atoms. The zero-order chi connectivity index (χ0) is 14.0. The maximum absolute atomic E-state index is 11.8. The lowest BCUT2D eigenvalue weighted by Gasteiger charge is -2.10. The zero-order valence-corrected chi connectivity index (χ0v) is 10.8. The van der Waals surface area contributed by atoms with E-state index >= 15 is 0 Å². The number of nitriles is 1. The minimum Gasteiger partial charge on any atom is -0.369 e. The van der Waals surface area contributed by atoms with Crippen molar-refractivity contribution in [3.8, 4) is 6.07 Å². The van der Waals surface area contributed by atoms with Gasteiger partial charge in [-0.1, -0.05) is 6.07 Å². The number of benzene rings is 1. The SMILES string of the molecule is CC(C)NC(=O)Cn1c(N)nc2c(C#N)cccc21. The van der Waals surface area contributed by atoms with Gasteiger partial charge in [-0.3, -0.25) is 4.79 Å². The second-order valence-corrected chi connectivity index (χ2v) is 4.56. The molecule has 6 heteroatoms. The number of carbonyl (C=O) groups excluding carboxylic acids is 1. The predicted molar refractivity (Wildman–Crippen MR) is 72.1 cm³/mol. The first-order valence-corrected chi connectivity index (χ1v) is 5.97. The number of nitrogen functional groups attached to an aromatic ring is 1. The number of anilines is 1. The van der Waals surface area contributed by atoms with E-state index < -0.39 is 0 Å². The quantitative estimate of drug-likeness (QED) is 0.857. The Morgan fingerprint density at radius 2 is 2.32 bits per heavy atom. The summed E-state index contributed by atoms with van der Waals surface area (Å²) in [6.45, 7) is 3.87. The van der Waals surface area contributed by atoms with Crippen molar-refractivity contribution in [1.29, 1.82) is 5.26 Å². The molecule has 2 rings (SSSR count). The summed E-state index contributed by atoms with van der Waals surface area (Å²) in [6.07, 6.45) is 0. The minimum absolute atomic E-state index is 0.0678. The van der Waals surface area contributed by atoms with Gasteiger partial charge >= 0.3 is 0 Å². The number of para-hydroxylation sites is 1. The average Bonchev–Trinajstić information content (AvgIpc) is 2.65. The average molecular weight is 257 g/mol. The van der Waals surface area contributed by atoms with Crippen LogP contribution in [0, 0.1) is 11.3 Å². The first-order valence-electron chi connectivity index (χ1n) is 5.97. The fourth-order valence-corrected chi connectivity index (χ4v) is 1.93. The van der Waals surface area contributed by atoms with Gasteiger partial charge in [0.05, 0.1) is 11.1 Å². The van der Waals surface area contributed by atoms with Crippen LogP contribution in [0.1, 0.15) is 19.4 Å². The van der Waals surface area contributed by atoms with Crippen LogP contribution in [0.2, 0.25) is 0 Å². The number of imidazole rings is 1. The molecule has 1 aromatic heterocycles. The Bertz CT molecular complexity index is 665. The molecule has 0 aliphatic carbocycles. The van der Waals surface area contributed by atoms with Crippen molar-refractivity contribution in [3.63, 3.8) is 0 Å². The standard InChI is InChI=1S/C13H15N5O/c1-8(2)16-11(19)7-18-10-5-3-4-9(6-14)12(10)17-13(18)15/h3-5,8H,7H2,1-2H3,(H2,15,17)(H,16,19). The second-order valence-electron chi connectivity index (χ2n) is 4.56. The fraction of sp³-hybridized carbons (Fsp3) is 0.308. The molecule has 1 aromatic carbocycles. The zero-order valence-electron chi connectivity index (χ0n) is 10.8. The number of nitrogens with two attached hydrogens (primary N) is 1. The van der Waals surface area contributed by atoms with Crippen LogP contribution in [0.15, 0.2) is 18.2 Å². The fourth-order valence-electron chi connectivity index (χ4n) is 1.93. The minimum atomic E-state index is -0.136. The summed E-state index contributed by atoms with van der Waals surface area (Å²) in [5.41, 5.74) is 7.49. The highest BCUT2D eigenvalue weighted by Gasteiger charge is 2.14. The molecule has 0 unspecified atom stereocenters. The predicted octanol–water partition coefficient (Wildman–Crippen LogP) is 1.01. The van der Waals surface area contributed by atoms with Crippen molar-refractivity contribution < 1.29 is 4.79 Å². The Morgan fingerprint density at radius 1 is 1.58 bits per heavy atom. The lowest BCUT2D eigenvalue weighted by Crippen LogP contribution is -2.33. The van der Waals surface area contributed by atoms with Crippen molar-refractivity contribution in [2.24, 2.45) is 0 Å². The summed E-state index contributed by atoms with van der Waals surface area (Å²) < 4.78 is 1.61. The molecule has 19 heavy (non-hydrogen) atoms. The van der Waals surface area contributed by atoms with Gasteiger partial charge in [0.1, 0.15) is 18.1 Å². The van der Waals surface area contributed by atoms with E-state index in [1.807, 2.05) is 13.8 Å². The Hall–Kier alpha value is -2.55. The molecule has 98 valence electrons. The molecule has 0 fully saturated rings. The van der Waals surface area contributed by atoms with Crippen LogP contribution < -0.4 is 11.1 Å². The van der Waals surface area contributed by atoms with Gasteiger partial charge in [-0.15, -0.1) is 0 Å². The van der Waals surface area contributed by atoms with E-state index in [2.05, 4.69) is 16.4 Å². The molecule has 0 saturated heterocycles. The van der Waals surface area contributed by atoms with Crippen LogP contribution in [0.3, 0.4) is 0 Å². The Kier molecular flexibility index (Phi) is 3.38. The van der Waals surface area contributed by atoms with E-state index in [0.717, 1.165) is 0 Å². The lowest BCUT2D eigenvalue weighted by atomic mass is 10.2. The molecule has 2 aromatic rings. The van der Waals surface area contributed by atoms with Crippen LogP contribution in [-0.2, 0) is 11.3 Å². The molecular formula is C13H15N5O. The molecule has 1 heterocycles. The molecule has 0 saturated carbocycles. The number of aromatic nitrogens is 2. The molecule has 0 aliphatic heterocycles. The highest BCUT2D eigenvalue weighted by molar-refractivity contribution is 5.86. The molecule has 0 radical (unpaired) electrons. The first-order chi connectivity index (χ1) is 9.02. The highest BCUT2D eigenvalue weighted by atomic mass is 16.2. The van der Waals surface area contributed by atoms with Gasteiger partial charge in [-0.2, -0.15) is 5.26 Å². The van der Waals surface area contributed by atoms with Gasteiger partial charge in [-0.05, 0) is 26.0 Å². The lowest BCUT2D eigenvalue weighted by molar-refractivity contribution is -0.122. The van der Waals surface area contributed by atoms with Gasteiger partial charge < -0.3 is 15.6 Å². The molecule has 6 nitrogen and oxygen atoms in total. The van der Waals surface area contributed by atoms with Gasteiger partial charge in [-0.25, -0.2) is 4.98 Å². The number of rotatable bonds is 3. The van der Waals surface area contributed by atoms with Crippen LogP contribution in [0.25, 0.3) is 11.0 Å². The number of fused-ring (bicyclic) bond motifs is 1. The van der Waals surface area contributed by atoms with Crippen LogP contribution in [-0.4, -0.2) is 21.5 Å². The highest BCUT2D eigenvalue weighted by Crippen LogP contribution is 2.20. The summed E-state index contributed by atoms with van der Waals surface area (Å²) in [7, 11) is 0. The smallest absolute Gasteiger partial charge is 0.240 e. The van der Waals surface area contributed by atoms with E-state index in [9.17, 15) is 4.79 Å². The second kappa shape index (κ2) is 4.98. The van der Waals surface area contributed by atoms with Gasteiger partial charge in [0.15, 0.2) is 0 Å². The van der Waals surface area contributed by atoms with Crippen molar-refractivity contribution in [2.45, 2.75) is 26.4 Å². The third-order valence-electron chi connectivity index (χ3n) is 2.68. The third kappa shape index (κ3) is 2.50. The number of hydrogen-bond acceptors (Lipinski definition) is 4. The Balaban J connectivity index is 2.42. The van der Waals surface area contributed by atoms with Crippen LogP contribution in [0.4, 0.5) is 5.95 Å². The number of amides is 1. The summed E-state index contributed by atoms with van der Waals surface area (Å²) in [5.74, 6) is 0.0972. The summed E-state index contributed by atoms with van der Waals surface area (Å²) in [5, 5.41) is 11.8. The third-order valence-corrected chi connectivity index (χ3v) is 2.68. The summed E-state index contributed by atoms with van der Waals surface area (Å²) >= 11 is 0. The molecule has 0 atom stereocenters. The van der Waals surface area contributed by atoms with Gasteiger partial charge in [0, 0.05) is 6.04 Å². The Morgan fingerprint density at radius 3 is 2.95 bits per heavy atom. The molecule has 0 aliphatic rings. The van der Waals surface area contributed by atoms with Crippen molar-refractivity contribution in [2.75, 3.05) is 5.73 Å². The van der Waals surface area contributed by atoms with E-state index in [1.54, 1.807) is 22.8 Å². The Labute approximate surface area is 110 Å². The van der Waals surface area contributed by atoms with Gasteiger partial charge in [0.25, 0.3) is 0 Å².